The van der Waals surface area contributed by atoms with E-state index in [0.717, 1.165) is 40.8 Å². The predicted octanol–water partition coefficient (Wildman–Crippen LogP) is 5.33. The summed E-state index contributed by atoms with van der Waals surface area (Å²) >= 11 is 0. The highest BCUT2D eigenvalue weighted by Gasteiger charge is 2.28. The molecular formula is C26H30N2O3. The summed E-state index contributed by atoms with van der Waals surface area (Å²) < 4.78 is 11.7. The number of benzene rings is 2. The number of unbranched alkanes of at least 4 members (excludes halogenated alkanes) is 1. The molecule has 0 aliphatic carbocycles. The van der Waals surface area contributed by atoms with Crippen molar-refractivity contribution in [3.05, 3.63) is 60.2 Å². The smallest absolute Gasteiger partial charge is 0.254 e. The number of amides is 1. The van der Waals surface area contributed by atoms with E-state index < -0.39 is 0 Å². The lowest BCUT2D eigenvalue weighted by Gasteiger charge is -2.35. The minimum Gasteiger partial charge on any atom is -0.494 e. The summed E-state index contributed by atoms with van der Waals surface area (Å²) in [7, 11) is 0. The van der Waals surface area contributed by atoms with Crippen LogP contribution < -0.4 is 4.74 Å². The number of aromatic nitrogens is 1. The number of fused-ring (bicyclic) bond motifs is 1. The first-order valence-corrected chi connectivity index (χ1v) is 11.1. The highest BCUT2D eigenvalue weighted by atomic mass is 16.5. The number of ether oxygens (including phenoxy) is 2. The number of hydrogen-bond donors (Lipinski definition) is 0. The summed E-state index contributed by atoms with van der Waals surface area (Å²) in [5.41, 5.74) is 3.21. The quantitative estimate of drug-likeness (QED) is 0.508. The lowest BCUT2D eigenvalue weighted by Crippen LogP contribution is -2.48. The zero-order valence-corrected chi connectivity index (χ0v) is 18.5. The molecule has 1 amide bonds. The molecule has 2 aromatic carbocycles. The van der Waals surface area contributed by atoms with Crippen LogP contribution in [0.3, 0.4) is 0 Å². The standard InChI is InChI=1S/C26H30N2O3/c1-4-5-13-30-21-10-8-9-20(14-21)25-15-23(22-11-6-7-12-24(22)27-25)26(29)28-16-18(2)31-19(3)17-28/h6-12,14-15,18-19H,4-5,13,16-17H2,1-3H3. The van der Waals surface area contributed by atoms with Gasteiger partial charge < -0.3 is 14.4 Å². The molecule has 1 saturated heterocycles. The Hall–Kier alpha value is -2.92. The van der Waals surface area contributed by atoms with Gasteiger partial charge in [-0.1, -0.05) is 43.7 Å². The van der Waals surface area contributed by atoms with Gasteiger partial charge in [0.25, 0.3) is 5.91 Å². The number of pyridine rings is 1. The number of para-hydroxylation sites is 1. The second-order valence-corrected chi connectivity index (χ2v) is 8.27. The minimum absolute atomic E-state index is 0.0252. The molecule has 4 rings (SSSR count). The molecule has 0 saturated carbocycles. The van der Waals surface area contributed by atoms with E-state index in [4.69, 9.17) is 14.5 Å². The van der Waals surface area contributed by atoms with E-state index in [0.29, 0.717) is 25.3 Å². The van der Waals surface area contributed by atoms with Crippen molar-refractivity contribution < 1.29 is 14.3 Å². The van der Waals surface area contributed by atoms with Crippen LogP contribution in [-0.4, -0.2) is 47.7 Å². The first-order chi connectivity index (χ1) is 15.0. The molecule has 3 aromatic rings. The normalized spacial score (nSPS) is 18.9. The summed E-state index contributed by atoms with van der Waals surface area (Å²) in [4.78, 5) is 20.3. The third kappa shape index (κ3) is 4.88. The molecule has 1 aliphatic rings. The monoisotopic (exact) mass is 418 g/mol. The molecule has 5 heteroatoms. The van der Waals surface area contributed by atoms with Crippen LogP contribution in [0.1, 0.15) is 44.0 Å². The maximum absolute atomic E-state index is 13.5. The molecule has 5 nitrogen and oxygen atoms in total. The van der Waals surface area contributed by atoms with Crippen molar-refractivity contribution in [2.75, 3.05) is 19.7 Å². The number of carbonyl (C=O) groups is 1. The Morgan fingerprint density at radius 1 is 1.10 bits per heavy atom. The van der Waals surface area contributed by atoms with E-state index in [1.165, 1.54) is 0 Å². The summed E-state index contributed by atoms with van der Waals surface area (Å²) in [6, 6.07) is 17.7. The van der Waals surface area contributed by atoms with Crippen molar-refractivity contribution >= 4 is 16.8 Å². The van der Waals surface area contributed by atoms with E-state index >= 15 is 0 Å². The Bertz CT molecular complexity index is 1060. The predicted molar refractivity (Wildman–Crippen MR) is 123 cm³/mol. The van der Waals surface area contributed by atoms with Crippen molar-refractivity contribution in [1.82, 2.24) is 9.88 Å². The Labute approximate surface area is 184 Å². The highest BCUT2D eigenvalue weighted by Crippen LogP contribution is 2.28. The van der Waals surface area contributed by atoms with Crippen molar-refractivity contribution in [3.63, 3.8) is 0 Å². The van der Waals surface area contributed by atoms with Crippen LogP contribution in [0, 0.1) is 0 Å². The van der Waals surface area contributed by atoms with Gasteiger partial charge in [-0.15, -0.1) is 0 Å². The Morgan fingerprint density at radius 3 is 2.65 bits per heavy atom. The maximum Gasteiger partial charge on any atom is 0.254 e. The largest absolute Gasteiger partial charge is 0.494 e. The molecule has 2 heterocycles. The molecule has 1 aliphatic heterocycles. The van der Waals surface area contributed by atoms with E-state index in [9.17, 15) is 4.79 Å². The van der Waals surface area contributed by atoms with Gasteiger partial charge in [-0.05, 0) is 44.5 Å². The molecule has 0 spiro atoms. The van der Waals surface area contributed by atoms with Crippen LogP contribution in [0.4, 0.5) is 0 Å². The van der Waals surface area contributed by atoms with Crippen molar-refractivity contribution in [2.24, 2.45) is 0 Å². The molecule has 1 aromatic heterocycles. The molecule has 2 unspecified atom stereocenters. The van der Waals surface area contributed by atoms with E-state index in [-0.39, 0.29) is 18.1 Å². The number of morpholine rings is 1. The third-order valence-corrected chi connectivity index (χ3v) is 5.55. The summed E-state index contributed by atoms with van der Waals surface area (Å²) in [6.07, 6.45) is 2.17. The molecular weight excluding hydrogens is 388 g/mol. The second-order valence-electron chi connectivity index (χ2n) is 8.27. The number of rotatable bonds is 6. The average molecular weight is 419 g/mol. The molecule has 31 heavy (non-hydrogen) atoms. The topological polar surface area (TPSA) is 51.7 Å². The van der Waals surface area contributed by atoms with Gasteiger partial charge in [0.05, 0.1) is 35.6 Å². The number of carbonyl (C=O) groups excluding carboxylic acids is 1. The lowest BCUT2D eigenvalue weighted by atomic mass is 10.0. The SMILES string of the molecule is CCCCOc1cccc(-c2cc(C(=O)N3CC(C)OC(C)C3)c3ccccc3n2)c1. The van der Waals surface area contributed by atoms with Crippen molar-refractivity contribution in [1.29, 1.82) is 0 Å². The van der Waals surface area contributed by atoms with Crippen LogP contribution in [0.25, 0.3) is 22.2 Å². The van der Waals surface area contributed by atoms with Gasteiger partial charge in [0.2, 0.25) is 0 Å². The Kier molecular flexibility index (Phi) is 6.52. The van der Waals surface area contributed by atoms with Gasteiger partial charge >= 0.3 is 0 Å². The fourth-order valence-electron chi connectivity index (χ4n) is 4.09. The fourth-order valence-corrected chi connectivity index (χ4v) is 4.09. The van der Waals surface area contributed by atoms with Gasteiger partial charge in [0.1, 0.15) is 5.75 Å². The highest BCUT2D eigenvalue weighted by molar-refractivity contribution is 6.07. The van der Waals surface area contributed by atoms with Crippen molar-refractivity contribution in [2.45, 2.75) is 45.8 Å². The van der Waals surface area contributed by atoms with Crippen LogP contribution in [-0.2, 0) is 4.74 Å². The van der Waals surface area contributed by atoms with E-state index in [1.807, 2.05) is 73.3 Å². The maximum atomic E-state index is 13.5. The first-order valence-electron chi connectivity index (χ1n) is 11.1. The van der Waals surface area contributed by atoms with E-state index in [2.05, 4.69) is 6.92 Å². The first kappa shape index (κ1) is 21.3. The van der Waals surface area contributed by atoms with Crippen LogP contribution in [0.5, 0.6) is 5.75 Å². The van der Waals surface area contributed by atoms with Crippen LogP contribution in [0.15, 0.2) is 54.6 Å². The summed E-state index contributed by atoms with van der Waals surface area (Å²) in [5.74, 6) is 0.849. The van der Waals surface area contributed by atoms with Gasteiger partial charge in [-0.25, -0.2) is 4.98 Å². The Balaban J connectivity index is 1.72. The van der Waals surface area contributed by atoms with Gasteiger partial charge in [-0.2, -0.15) is 0 Å². The zero-order valence-electron chi connectivity index (χ0n) is 18.5. The van der Waals surface area contributed by atoms with Gasteiger partial charge in [0.15, 0.2) is 0 Å². The van der Waals surface area contributed by atoms with E-state index in [1.54, 1.807) is 0 Å². The minimum atomic E-state index is 0.0252. The second kappa shape index (κ2) is 9.48. The summed E-state index contributed by atoms with van der Waals surface area (Å²) in [5, 5.41) is 0.874. The molecule has 2 atom stereocenters. The Morgan fingerprint density at radius 2 is 1.87 bits per heavy atom. The lowest BCUT2D eigenvalue weighted by molar-refractivity contribution is -0.0585. The molecule has 0 N–H and O–H groups in total. The average Bonchev–Trinajstić information content (AvgIpc) is 2.77. The number of hydrogen-bond acceptors (Lipinski definition) is 4. The van der Waals surface area contributed by atoms with Crippen LogP contribution >= 0.6 is 0 Å². The molecule has 0 bridgehead atoms. The van der Waals surface area contributed by atoms with Gasteiger partial charge in [0, 0.05) is 24.0 Å². The number of nitrogens with zero attached hydrogens (tertiary/aromatic N) is 2. The molecule has 0 radical (unpaired) electrons. The zero-order chi connectivity index (χ0) is 21.8. The fraction of sp³-hybridized carbons (Fsp3) is 0.385. The summed E-state index contributed by atoms with van der Waals surface area (Å²) in [6.45, 7) is 8.05. The molecule has 1 fully saturated rings. The van der Waals surface area contributed by atoms with Crippen LogP contribution in [0.2, 0.25) is 0 Å². The van der Waals surface area contributed by atoms with Gasteiger partial charge in [-0.3, -0.25) is 4.79 Å². The third-order valence-electron chi connectivity index (χ3n) is 5.55. The van der Waals surface area contributed by atoms with Crippen molar-refractivity contribution in [3.8, 4) is 17.0 Å². The molecule has 162 valence electrons.